The second-order valence-electron chi connectivity index (χ2n) is 7.42. The van der Waals surface area contributed by atoms with Gasteiger partial charge in [0, 0.05) is 27.8 Å². The molecule has 0 amide bonds. The Labute approximate surface area is 177 Å². The van der Waals surface area contributed by atoms with Gasteiger partial charge in [0.15, 0.2) is 0 Å². The van der Waals surface area contributed by atoms with Crippen LogP contribution >= 0.6 is 23.4 Å². The van der Waals surface area contributed by atoms with Crippen LogP contribution in [0.2, 0.25) is 5.02 Å². The normalized spacial score (nSPS) is 13.0. The standard InChI is InChI=1S/C21H28ClN2S.BrH/c1-4-5-14-24(2,3)15-8-13-23-18-9-6-7-10-20(18)25-21-12-11-17(22)16-19(21)23;/h6-7,9-12,16H,4-5,8,13-15H2,1-3H3;1H/q+1;/p-1. The van der Waals surface area contributed by atoms with Crippen molar-refractivity contribution in [3.63, 3.8) is 0 Å². The maximum absolute atomic E-state index is 6.29. The summed E-state index contributed by atoms with van der Waals surface area (Å²) in [5.74, 6) is 0. The molecular formula is C21H28BrClN2S. The van der Waals surface area contributed by atoms with Crippen molar-refractivity contribution in [1.82, 2.24) is 0 Å². The van der Waals surface area contributed by atoms with E-state index >= 15 is 0 Å². The number of halogens is 2. The Morgan fingerprint density at radius 2 is 1.65 bits per heavy atom. The van der Waals surface area contributed by atoms with Gasteiger partial charge in [-0.05, 0) is 36.8 Å². The summed E-state index contributed by atoms with van der Waals surface area (Å²) in [7, 11) is 4.70. The van der Waals surface area contributed by atoms with Gasteiger partial charge in [-0.2, -0.15) is 0 Å². The summed E-state index contributed by atoms with van der Waals surface area (Å²) in [6.07, 6.45) is 3.74. The molecule has 0 N–H and O–H groups in total. The molecule has 3 rings (SSSR count). The van der Waals surface area contributed by atoms with Gasteiger partial charge in [-0.15, -0.1) is 0 Å². The van der Waals surface area contributed by atoms with Gasteiger partial charge in [0.25, 0.3) is 0 Å². The molecule has 142 valence electrons. The molecule has 2 aromatic carbocycles. The van der Waals surface area contributed by atoms with Gasteiger partial charge in [0.2, 0.25) is 0 Å². The number of nitrogens with zero attached hydrogens (tertiary/aromatic N) is 2. The summed E-state index contributed by atoms with van der Waals surface area (Å²) in [6, 6.07) is 14.9. The Bertz CT molecular complexity index is 736. The smallest absolute Gasteiger partial charge is 0.0799 e. The van der Waals surface area contributed by atoms with Crippen LogP contribution in [0.25, 0.3) is 0 Å². The van der Waals surface area contributed by atoms with E-state index in [1.807, 2.05) is 17.8 Å². The molecule has 26 heavy (non-hydrogen) atoms. The fraction of sp³-hybridized carbons (Fsp3) is 0.429. The second-order valence-corrected chi connectivity index (χ2v) is 8.94. The number of fused-ring (bicyclic) bond motifs is 2. The largest absolute Gasteiger partial charge is 1.00 e. The third-order valence-corrected chi connectivity index (χ3v) is 6.22. The van der Waals surface area contributed by atoms with Crippen molar-refractivity contribution < 1.29 is 21.5 Å². The minimum absolute atomic E-state index is 0. The Morgan fingerprint density at radius 1 is 0.962 bits per heavy atom. The molecule has 2 nitrogen and oxygen atoms in total. The van der Waals surface area contributed by atoms with Crippen molar-refractivity contribution >= 4 is 34.7 Å². The van der Waals surface area contributed by atoms with E-state index in [2.05, 4.69) is 62.3 Å². The molecule has 0 atom stereocenters. The second kappa shape index (κ2) is 9.50. The first kappa shape index (κ1) is 21.6. The Morgan fingerprint density at radius 3 is 2.42 bits per heavy atom. The summed E-state index contributed by atoms with van der Waals surface area (Å²) < 4.78 is 1.10. The van der Waals surface area contributed by atoms with Gasteiger partial charge in [0.05, 0.1) is 38.6 Å². The van der Waals surface area contributed by atoms with Crippen molar-refractivity contribution in [2.45, 2.75) is 36.0 Å². The summed E-state index contributed by atoms with van der Waals surface area (Å²) >= 11 is 8.13. The number of hydrogen-bond donors (Lipinski definition) is 0. The highest BCUT2D eigenvalue weighted by atomic mass is 79.9. The van der Waals surface area contributed by atoms with Crippen LogP contribution in [0.3, 0.4) is 0 Å². The molecular weight excluding hydrogens is 428 g/mol. The van der Waals surface area contributed by atoms with Gasteiger partial charge in [-0.3, -0.25) is 0 Å². The zero-order valence-corrected chi connectivity index (χ0v) is 19.0. The van der Waals surface area contributed by atoms with Crippen molar-refractivity contribution in [2.75, 3.05) is 38.6 Å². The zero-order chi connectivity index (χ0) is 17.9. The molecule has 1 heterocycles. The fourth-order valence-corrected chi connectivity index (χ4v) is 4.64. The van der Waals surface area contributed by atoms with Gasteiger partial charge in [0.1, 0.15) is 0 Å². The molecule has 0 aliphatic carbocycles. The Kier molecular flexibility index (Phi) is 7.90. The van der Waals surface area contributed by atoms with E-state index in [1.54, 1.807) is 0 Å². The monoisotopic (exact) mass is 454 g/mol. The molecule has 0 unspecified atom stereocenters. The van der Waals surface area contributed by atoms with E-state index in [4.69, 9.17) is 11.6 Å². The van der Waals surface area contributed by atoms with Gasteiger partial charge in [-0.1, -0.05) is 48.8 Å². The molecule has 0 spiro atoms. The fourth-order valence-electron chi connectivity index (χ4n) is 3.40. The maximum atomic E-state index is 6.29. The van der Waals surface area contributed by atoms with E-state index < -0.39 is 0 Å². The zero-order valence-electron chi connectivity index (χ0n) is 15.8. The molecule has 0 saturated heterocycles. The van der Waals surface area contributed by atoms with Gasteiger partial charge < -0.3 is 26.4 Å². The van der Waals surface area contributed by atoms with Crippen LogP contribution in [0, 0.1) is 0 Å². The van der Waals surface area contributed by atoms with Crippen LogP contribution in [0.5, 0.6) is 0 Å². The van der Waals surface area contributed by atoms with E-state index in [0.29, 0.717) is 0 Å². The number of benzene rings is 2. The van der Waals surface area contributed by atoms with Crippen molar-refractivity contribution in [3.05, 3.63) is 47.5 Å². The van der Waals surface area contributed by atoms with E-state index in [1.165, 1.54) is 53.5 Å². The highest BCUT2D eigenvalue weighted by Gasteiger charge is 2.24. The van der Waals surface area contributed by atoms with E-state index in [-0.39, 0.29) is 17.0 Å². The number of quaternary nitrogens is 1. The number of unbranched alkanes of at least 4 members (excludes halogenated alkanes) is 1. The first-order valence-corrected chi connectivity index (χ1v) is 10.4. The average molecular weight is 456 g/mol. The highest BCUT2D eigenvalue weighted by Crippen LogP contribution is 2.48. The third-order valence-electron chi connectivity index (χ3n) is 4.85. The maximum Gasteiger partial charge on any atom is 0.0799 e. The first-order chi connectivity index (χ1) is 12.0. The summed E-state index contributed by atoms with van der Waals surface area (Å²) in [5, 5.41) is 0.808. The number of rotatable bonds is 7. The molecule has 1 aliphatic rings. The van der Waals surface area contributed by atoms with Crippen LogP contribution in [0.4, 0.5) is 11.4 Å². The SMILES string of the molecule is CCCC[N+](C)(C)CCCN1c2ccccc2Sc2ccc(Cl)cc21.[Br-]. The Balaban J connectivity index is 0.00000243. The van der Waals surface area contributed by atoms with Crippen LogP contribution < -0.4 is 21.9 Å². The predicted molar refractivity (Wildman–Crippen MR) is 110 cm³/mol. The van der Waals surface area contributed by atoms with Crippen LogP contribution in [-0.4, -0.2) is 38.2 Å². The van der Waals surface area contributed by atoms with Gasteiger partial charge in [-0.25, -0.2) is 0 Å². The summed E-state index contributed by atoms with van der Waals surface area (Å²) in [4.78, 5) is 5.08. The van der Waals surface area contributed by atoms with E-state index in [9.17, 15) is 0 Å². The lowest BCUT2D eigenvalue weighted by molar-refractivity contribution is -0.890. The predicted octanol–water partition coefficient (Wildman–Crippen LogP) is 3.21. The summed E-state index contributed by atoms with van der Waals surface area (Å²) in [6.45, 7) is 5.74. The molecule has 0 saturated carbocycles. The van der Waals surface area contributed by atoms with Crippen molar-refractivity contribution in [2.24, 2.45) is 0 Å². The lowest BCUT2D eigenvalue weighted by atomic mass is 10.2. The molecule has 1 aliphatic heterocycles. The Hall–Kier alpha value is -0.680. The molecule has 0 aromatic heterocycles. The van der Waals surface area contributed by atoms with Crippen molar-refractivity contribution in [3.8, 4) is 0 Å². The quantitative estimate of drug-likeness (QED) is 0.590. The topological polar surface area (TPSA) is 3.24 Å². The van der Waals surface area contributed by atoms with Crippen LogP contribution in [0.1, 0.15) is 26.2 Å². The molecule has 0 radical (unpaired) electrons. The average Bonchev–Trinajstić information content (AvgIpc) is 2.60. The molecule has 5 heteroatoms. The number of hydrogen-bond acceptors (Lipinski definition) is 2. The summed E-state index contributed by atoms with van der Waals surface area (Å²) in [5.41, 5.74) is 2.55. The van der Waals surface area contributed by atoms with Crippen LogP contribution in [-0.2, 0) is 0 Å². The molecule has 2 aromatic rings. The minimum Gasteiger partial charge on any atom is -1.00 e. The molecule has 0 bridgehead atoms. The first-order valence-electron chi connectivity index (χ1n) is 9.16. The molecule has 0 fully saturated rings. The van der Waals surface area contributed by atoms with Gasteiger partial charge >= 0.3 is 0 Å². The highest BCUT2D eigenvalue weighted by molar-refractivity contribution is 7.99. The van der Waals surface area contributed by atoms with E-state index in [0.717, 1.165) is 16.1 Å². The lowest BCUT2D eigenvalue weighted by Crippen LogP contribution is -3.00. The third kappa shape index (κ3) is 5.19. The number of anilines is 2. The number of para-hydroxylation sites is 1. The minimum atomic E-state index is 0. The van der Waals surface area contributed by atoms with Crippen molar-refractivity contribution in [1.29, 1.82) is 0 Å². The lowest BCUT2D eigenvalue weighted by Gasteiger charge is -2.35. The van der Waals surface area contributed by atoms with Crippen LogP contribution in [0.15, 0.2) is 52.3 Å².